The van der Waals surface area contributed by atoms with Gasteiger partial charge in [0.1, 0.15) is 0 Å². The number of thiazole rings is 1. The van der Waals surface area contributed by atoms with E-state index in [1.807, 2.05) is 17.4 Å². The van der Waals surface area contributed by atoms with Crippen LogP contribution in [0.15, 0.2) is 11.4 Å². The maximum Gasteiger partial charge on any atom is 0.225 e. The number of anilines is 1. The van der Waals surface area contributed by atoms with E-state index in [1.165, 1.54) is 30.0 Å². The Balaban J connectivity index is 1.26. The summed E-state index contributed by atoms with van der Waals surface area (Å²) >= 11 is 1.86. The summed E-state index contributed by atoms with van der Waals surface area (Å²) in [4.78, 5) is 19.1. The van der Waals surface area contributed by atoms with Gasteiger partial charge in [-0.05, 0) is 39.2 Å². The smallest absolute Gasteiger partial charge is 0.225 e. The van der Waals surface area contributed by atoms with Crippen LogP contribution in [0.2, 0.25) is 0 Å². The molecular weight excluding hydrogens is 318 g/mol. The summed E-state index contributed by atoms with van der Waals surface area (Å²) in [6.45, 7) is 7.20. The molecule has 6 rings (SSSR count). The van der Waals surface area contributed by atoms with E-state index in [0.29, 0.717) is 12.1 Å². The number of hydrogen-bond donors (Lipinski definition) is 0. The van der Waals surface area contributed by atoms with E-state index >= 15 is 0 Å². The maximum absolute atomic E-state index is 4.86. The molecule has 1 aliphatic carbocycles. The fourth-order valence-corrected chi connectivity index (χ4v) is 5.04. The molecule has 5 heterocycles. The number of nitrogens with zero attached hydrogens (tertiary/aromatic N) is 5. The lowest BCUT2D eigenvalue weighted by Gasteiger charge is -2.56. The Kier molecular flexibility index (Phi) is 3.38. The average molecular weight is 341 g/mol. The molecule has 0 N–H and O–H groups in total. The molecule has 2 aromatic rings. The third kappa shape index (κ3) is 2.62. The molecule has 0 amide bonds. The van der Waals surface area contributed by atoms with Gasteiger partial charge in [-0.3, -0.25) is 4.90 Å². The standard InChI is InChI=1S/C18H23N5S/c1-11-5-12(2)20-18(19-11)22-8-15-6-16(9-22)23(15)7-14-10-24-17(21-14)13-3-4-13/h5,10,13,15-16H,3-4,6-9H2,1-2H3. The van der Waals surface area contributed by atoms with Gasteiger partial charge in [-0.25, -0.2) is 15.0 Å². The van der Waals surface area contributed by atoms with E-state index in [0.717, 1.165) is 42.9 Å². The first-order chi connectivity index (χ1) is 11.7. The van der Waals surface area contributed by atoms with Crippen LogP contribution in [0.1, 0.15) is 47.3 Å². The number of piperazine rings is 1. The van der Waals surface area contributed by atoms with Gasteiger partial charge in [0.25, 0.3) is 0 Å². The van der Waals surface area contributed by atoms with Crippen molar-refractivity contribution in [2.75, 3.05) is 18.0 Å². The highest BCUT2D eigenvalue weighted by atomic mass is 32.1. The molecular formula is C18H23N5S. The van der Waals surface area contributed by atoms with E-state index in [4.69, 9.17) is 4.98 Å². The molecule has 4 fully saturated rings. The molecule has 2 aromatic heterocycles. The predicted octanol–water partition coefficient (Wildman–Crippen LogP) is 2.89. The SMILES string of the molecule is Cc1cc(C)nc(N2CC3CC(C2)N3Cc2csc(C3CC3)n2)n1. The zero-order valence-electron chi connectivity index (χ0n) is 14.3. The lowest BCUT2D eigenvalue weighted by Crippen LogP contribution is -2.68. The molecule has 2 unspecified atom stereocenters. The minimum Gasteiger partial charge on any atom is -0.338 e. The summed E-state index contributed by atoms with van der Waals surface area (Å²) < 4.78 is 0. The summed E-state index contributed by atoms with van der Waals surface area (Å²) in [7, 11) is 0. The Hall–Kier alpha value is -1.53. The molecule has 6 heteroatoms. The molecule has 4 aliphatic rings. The Morgan fingerprint density at radius 2 is 1.79 bits per heavy atom. The second-order valence-corrected chi connectivity index (χ2v) is 8.41. The van der Waals surface area contributed by atoms with Crippen LogP contribution in [0.3, 0.4) is 0 Å². The van der Waals surface area contributed by atoms with Crippen LogP contribution >= 0.6 is 11.3 Å². The first kappa shape index (κ1) is 14.8. The van der Waals surface area contributed by atoms with E-state index < -0.39 is 0 Å². The molecule has 0 spiro atoms. The summed E-state index contributed by atoms with van der Waals surface area (Å²) in [6, 6.07) is 3.29. The second kappa shape index (κ2) is 5.49. The summed E-state index contributed by atoms with van der Waals surface area (Å²) in [5.41, 5.74) is 3.39. The lowest BCUT2D eigenvalue weighted by molar-refractivity contribution is -0.00986. The highest BCUT2D eigenvalue weighted by Gasteiger charge is 2.45. The third-order valence-corrected chi connectivity index (χ3v) is 6.49. The van der Waals surface area contributed by atoms with Crippen molar-refractivity contribution < 1.29 is 0 Å². The van der Waals surface area contributed by atoms with Crippen LogP contribution in [0.25, 0.3) is 0 Å². The molecule has 2 bridgehead atoms. The van der Waals surface area contributed by atoms with Crippen LogP contribution in [0, 0.1) is 13.8 Å². The van der Waals surface area contributed by atoms with Crippen molar-refractivity contribution in [2.24, 2.45) is 0 Å². The van der Waals surface area contributed by atoms with E-state index in [1.54, 1.807) is 0 Å². The van der Waals surface area contributed by atoms with Gasteiger partial charge in [-0.2, -0.15) is 0 Å². The Morgan fingerprint density at radius 3 is 2.46 bits per heavy atom. The molecule has 1 saturated carbocycles. The monoisotopic (exact) mass is 341 g/mol. The molecule has 3 aliphatic heterocycles. The van der Waals surface area contributed by atoms with Gasteiger partial charge in [-0.15, -0.1) is 11.3 Å². The van der Waals surface area contributed by atoms with Gasteiger partial charge in [0, 0.05) is 54.4 Å². The molecule has 24 heavy (non-hydrogen) atoms. The van der Waals surface area contributed by atoms with Crippen LogP contribution in [0.4, 0.5) is 5.95 Å². The average Bonchev–Trinajstić information content (AvgIpc) is 3.31. The third-order valence-electron chi connectivity index (χ3n) is 5.44. The van der Waals surface area contributed by atoms with E-state index in [2.05, 4.69) is 39.0 Å². The molecule has 5 nitrogen and oxygen atoms in total. The van der Waals surface area contributed by atoms with Gasteiger partial charge < -0.3 is 4.90 Å². The predicted molar refractivity (Wildman–Crippen MR) is 95.5 cm³/mol. The van der Waals surface area contributed by atoms with Crippen molar-refractivity contribution in [2.45, 2.75) is 57.7 Å². The van der Waals surface area contributed by atoms with E-state index in [9.17, 15) is 0 Å². The molecule has 126 valence electrons. The largest absolute Gasteiger partial charge is 0.338 e. The highest BCUT2D eigenvalue weighted by Crippen LogP contribution is 2.42. The number of aromatic nitrogens is 3. The normalized spacial score (nSPS) is 26.5. The highest BCUT2D eigenvalue weighted by molar-refractivity contribution is 7.09. The minimum absolute atomic E-state index is 0.624. The topological polar surface area (TPSA) is 45.2 Å². The van der Waals surface area contributed by atoms with Crippen molar-refractivity contribution in [3.63, 3.8) is 0 Å². The first-order valence-electron chi connectivity index (χ1n) is 8.93. The Bertz CT molecular complexity index is 736. The van der Waals surface area contributed by atoms with Crippen molar-refractivity contribution in [3.05, 3.63) is 33.5 Å². The van der Waals surface area contributed by atoms with Crippen LogP contribution < -0.4 is 4.90 Å². The van der Waals surface area contributed by atoms with Crippen molar-refractivity contribution in [3.8, 4) is 0 Å². The van der Waals surface area contributed by atoms with Gasteiger partial charge >= 0.3 is 0 Å². The minimum atomic E-state index is 0.624. The fraction of sp³-hybridized carbons (Fsp3) is 0.611. The van der Waals surface area contributed by atoms with Gasteiger partial charge in [0.15, 0.2) is 0 Å². The fourth-order valence-electron chi connectivity index (χ4n) is 4.06. The zero-order valence-corrected chi connectivity index (χ0v) is 15.1. The van der Waals surface area contributed by atoms with Crippen molar-refractivity contribution in [1.82, 2.24) is 19.9 Å². The van der Waals surface area contributed by atoms with Crippen molar-refractivity contribution >= 4 is 17.3 Å². The number of hydrogen-bond acceptors (Lipinski definition) is 6. The summed E-state index contributed by atoms with van der Waals surface area (Å²) in [5.74, 6) is 1.68. The van der Waals surface area contributed by atoms with Crippen LogP contribution in [-0.2, 0) is 6.54 Å². The van der Waals surface area contributed by atoms with Gasteiger partial charge in [0.05, 0.1) is 10.7 Å². The second-order valence-electron chi connectivity index (χ2n) is 7.52. The number of piperidine rings is 1. The molecule has 0 radical (unpaired) electrons. The van der Waals surface area contributed by atoms with Gasteiger partial charge in [-0.1, -0.05) is 0 Å². The molecule has 0 aromatic carbocycles. The van der Waals surface area contributed by atoms with Crippen LogP contribution in [0.5, 0.6) is 0 Å². The molecule has 3 saturated heterocycles. The van der Waals surface area contributed by atoms with Crippen LogP contribution in [-0.4, -0.2) is 45.0 Å². The lowest BCUT2D eigenvalue weighted by atomic mass is 9.87. The van der Waals surface area contributed by atoms with Crippen molar-refractivity contribution in [1.29, 1.82) is 0 Å². The molecule has 2 atom stereocenters. The Labute approximate surface area is 146 Å². The Morgan fingerprint density at radius 1 is 1.08 bits per heavy atom. The number of aryl methyl sites for hydroxylation is 2. The maximum atomic E-state index is 4.86. The number of rotatable bonds is 4. The summed E-state index contributed by atoms with van der Waals surface area (Å²) in [6.07, 6.45) is 3.99. The van der Waals surface area contributed by atoms with Gasteiger partial charge in [0.2, 0.25) is 5.95 Å². The quantitative estimate of drug-likeness (QED) is 0.856. The zero-order chi connectivity index (χ0) is 16.3. The first-order valence-corrected chi connectivity index (χ1v) is 9.81. The van der Waals surface area contributed by atoms with E-state index in [-0.39, 0.29) is 0 Å². The summed E-state index contributed by atoms with van der Waals surface area (Å²) in [5, 5.41) is 3.63. The number of fused-ring (bicyclic) bond motifs is 2.